The van der Waals surface area contributed by atoms with Gasteiger partial charge in [0.2, 0.25) is 23.1 Å². The van der Waals surface area contributed by atoms with E-state index in [0.29, 0.717) is 5.69 Å². The van der Waals surface area contributed by atoms with Crippen LogP contribution in [-0.2, 0) is 48.8 Å². The lowest BCUT2D eigenvalue weighted by molar-refractivity contribution is 0.281. The van der Waals surface area contributed by atoms with Crippen molar-refractivity contribution >= 4 is 138 Å². The van der Waals surface area contributed by atoms with Crippen LogP contribution in [0.15, 0.2) is 77.6 Å². The highest BCUT2D eigenvalue weighted by Crippen LogP contribution is 2.55. The van der Waals surface area contributed by atoms with E-state index in [2.05, 4.69) is 54.2 Å². The molecule has 35 heteroatoms. The second-order valence-electron chi connectivity index (χ2n) is 14.0. The summed E-state index contributed by atoms with van der Waals surface area (Å²) in [5.74, 6) is -3.00. The van der Waals surface area contributed by atoms with Gasteiger partial charge in [0.05, 0.1) is 40.5 Å². The number of hydrogen-bond donors (Lipinski definition) is 9. The van der Waals surface area contributed by atoms with Gasteiger partial charge in [-0.1, -0.05) is 23.2 Å². The standard InChI is InChI=1S/C34H30Cl3N9O18S5/c1-14(39-33-44-32(37)45-34(46-33)41-16-3-5-17(6-4-16)65(47,48)12-11-61-68(55,56)57)13-38-20-9-7-18-26(30(20)66(49,50)51)62-28-22(35)25-29(23(36)24(28)42-18)63-27-19(43-25)8-10-21(31(27)67(52,53)54)40-15(2)64-69(58,59)60/h3-10,14,43,58-60H,11-13H2,1-2H3,(H,49,50,51)(H,52,53,54)(H,55,56,57)(H2,39,41,44,45,46). The molecule has 7 rings (SSSR count). The minimum absolute atomic E-state index is 0.0829. The summed E-state index contributed by atoms with van der Waals surface area (Å²) in [6.45, 7) is 1.63. The van der Waals surface area contributed by atoms with E-state index in [1.54, 1.807) is 6.92 Å². The predicted molar refractivity (Wildman–Crippen MR) is 247 cm³/mol. The predicted octanol–water partition coefficient (Wildman–Crippen LogP) is 6.36. The first-order chi connectivity index (χ1) is 32.0. The molecule has 0 radical (unpaired) electrons. The minimum Gasteiger partial charge on any atom is -0.450 e. The Bertz CT molecular complexity index is 3600. The zero-order valence-corrected chi connectivity index (χ0v) is 40.6. The average Bonchev–Trinajstić information content (AvgIpc) is 3.21. The third kappa shape index (κ3) is 12.0. The van der Waals surface area contributed by atoms with Gasteiger partial charge in [-0.05, 0) is 67.1 Å². The Kier molecular flexibility index (Phi) is 14.3. The van der Waals surface area contributed by atoms with Gasteiger partial charge in [0.15, 0.2) is 42.5 Å². The second kappa shape index (κ2) is 19.1. The van der Waals surface area contributed by atoms with Crippen molar-refractivity contribution in [3.63, 3.8) is 0 Å². The van der Waals surface area contributed by atoms with Crippen molar-refractivity contribution in [3.8, 4) is 23.0 Å². The summed E-state index contributed by atoms with van der Waals surface area (Å²) in [7, 11) is -19.2. The lowest BCUT2D eigenvalue weighted by atomic mass is 10.1. The third-order valence-corrected chi connectivity index (χ3v) is 14.3. The quantitative estimate of drug-likeness (QED) is 0.0233. The Labute approximate surface area is 405 Å². The van der Waals surface area contributed by atoms with Crippen LogP contribution in [0.4, 0.5) is 34.6 Å². The zero-order valence-electron chi connectivity index (χ0n) is 34.3. The number of aliphatic imine (C=N–C) groups is 1. The Morgan fingerprint density at radius 1 is 0.812 bits per heavy atom. The van der Waals surface area contributed by atoms with Crippen molar-refractivity contribution in [3.05, 3.63) is 69.2 Å². The van der Waals surface area contributed by atoms with Crippen molar-refractivity contribution in [2.75, 3.05) is 34.9 Å². The van der Waals surface area contributed by atoms with Crippen LogP contribution < -0.4 is 26.0 Å². The fourth-order valence-electron chi connectivity index (χ4n) is 6.25. The highest BCUT2D eigenvalue weighted by molar-refractivity contribution is 8.15. The molecule has 27 nitrogen and oxygen atoms in total. The molecule has 0 fully saturated rings. The topological polar surface area (TPSA) is 411 Å². The molecule has 3 aromatic carbocycles. The van der Waals surface area contributed by atoms with Gasteiger partial charge in [0.25, 0.3) is 11.2 Å². The molecule has 4 aromatic rings. The SMILES string of the molecule is CC(=Nc1ccc2c(c1S(=O)(=O)O)Oc1c(c(Cl)c3oc4c(S(=O)(=O)O)c(=NCC(C)Nc5nc(Cl)nc(Nc6ccc(S(=O)(=O)CCOS(=O)(=O)O)cc6)n5)ccc-4nc3c1Cl)N2)OS(O)(O)O. The summed E-state index contributed by atoms with van der Waals surface area (Å²) >= 11 is 15.1. The van der Waals surface area contributed by atoms with Gasteiger partial charge in [-0.25, -0.2) is 22.6 Å². The molecule has 2 aliphatic heterocycles. The van der Waals surface area contributed by atoms with Gasteiger partial charge in [-0.2, -0.15) is 40.2 Å². The maximum absolute atomic E-state index is 13.0. The number of nitrogens with zero attached hydrogens (tertiary/aromatic N) is 6. The molecule has 0 amide bonds. The number of halogens is 3. The van der Waals surface area contributed by atoms with Crippen molar-refractivity contribution in [1.29, 1.82) is 0 Å². The van der Waals surface area contributed by atoms with Gasteiger partial charge < -0.3 is 29.3 Å². The summed E-state index contributed by atoms with van der Waals surface area (Å²) < 4.78 is 175. The fraction of sp³-hybridized carbons (Fsp3) is 0.176. The maximum atomic E-state index is 13.0. The van der Waals surface area contributed by atoms with Crippen LogP contribution in [0.5, 0.6) is 11.5 Å². The fourth-order valence-corrected chi connectivity index (χ4v) is 10.3. The van der Waals surface area contributed by atoms with Crippen LogP contribution in [0.3, 0.4) is 0 Å². The van der Waals surface area contributed by atoms with E-state index in [-0.39, 0.29) is 77.9 Å². The summed E-state index contributed by atoms with van der Waals surface area (Å²) in [6.07, 6.45) is 0. The summed E-state index contributed by atoms with van der Waals surface area (Å²) in [5.41, 5.74) is -1.35. The van der Waals surface area contributed by atoms with Crippen LogP contribution in [-0.4, -0.2) is 112 Å². The molecule has 9 N–H and O–H groups in total. The lowest BCUT2D eigenvalue weighted by Crippen LogP contribution is -2.24. The molecular formula is C34H30Cl3N9O18S5. The van der Waals surface area contributed by atoms with Crippen molar-refractivity contribution in [1.82, 2.24) is 19.9 Å². The molecular weight excluding hydrogens is 1090 g/mol. The summed E-state index contributed by atoms with van der Waals surface area (Å²) in [6, 6.07) is 9.18. The molecule has 1 aromatic heterocycles. The van der Waals surface area contributed by atoms with E-state index in [1.807, 2.05) is 0 Å². The van der Waals surface area contributed by atoms with Crippen molar-refractivity contribution in [2.24, 2.45) is 9.98 Å². The Hall–Kier alpha value is -5.30. The zero-order chi connectivity index (χ0) is 50.6. The van der Waals surface area contributed by atoms with Crippen LogP contribution in [0.25, 0.3) is 22.6 Å². The van der Waals surface area contributed by atoms with Gasteiger partial charge >= 0.3 is 30.6 Å². The van der Waals surface area contributed by atoms with Crippen LogP contribution >= 0.6 is 46.0 Å². The number of anilines is 5. The second-order valence-corrected chi connectivity index (χ2v) is 22.1. The van der Waals surface area contributed by atoms with Crippen molar-refractivity contribution < 1.29 is 78.5 Å². The molecule has 3 heterocycles. The number of ether oxygens (including phenoxy) is 1. The molecule has 0 spiro atoms. The number of nitrogens with one attached hydrogen (secondary N) is 3. The number of rotatable bonds is 15. The number of hydrogen-bond acceptors (Lipinski definition) is 24. The molecule has 0 bridgehead atoms. The number of aromatic nitrogens is 4. The average molecular weight is 1120 g/mol. The number of fused-ring (bicyclic) bond motifs is 4. The monoisotopic (exact) mass is 1120 g/mol. The number of benzene rings is 4. The largest absolute Gasteiger partial charge is 0.450 e. The maximum Gasteiger partial charge on any atom is 0.397 e. The molecule has 0 saturated carbocycles. The highest BCUT2D eigenvalue weighted by Gasteiger charge is 2.35. The van der Waals surface area contributed by atoms with E-state index >= 15 is 0 Å². The normalized spacial score (nSPS) is 14.4. The van der Waals surface area contributed by atoms with Crippen LogP contribution in [0.1, 0.15) is 13.8 Å². The van der Waals surface area contributed by atoms with Gasteiger partial charge in [-0.3, -0.25) is 32.3 Å². The van der Waals surface area contributed by atoms with E-state index in [4.69, 9.17) is 48.5 Å². The first-order valence-electron chi connectivity index (χ1n) is 18.5. The van der Waals surface area contributed by atoms with Crippen LogP contribution in [0.2, 0.25) is 15.3 Å². The van der Waals surface area contributed by atoms with Gasteiger partial charge in [0.1, 0.15) is 26.9 Å². The molecule has 1 atom stereocenters. The number of sulfone groups is 1. The van der Waals surface area contributed by atoms with Gasteiger partial charge in [-0.15, -0.1) is 0 Å². The van der Waals surface area contributed by atoms with Gasteiger partial charge in [0, 0.05) is 18.7 Å². The first kappa shape index (κ1) is 51.5. The van der Waals surface area contributed by atoms with E-state index in [0.717, 1.165) is 13.0 Å². The highest BCUT2D eigenvalue weighted by atomic mass is 35.5. The van der Waals surface area contributed by atoms with E-state index < -0.39 is 103 Å². The molecule has 1 unspecified atom stereocenters. The molecule has 3 aliphatic rings. The van der Waals surface area contributed by atoms with Crippen LogP contribution in [0, 0.1) is 0 Å². The first-order valence-corrected chi connectivity index (χ1v) is 26.9. The minimum atomic E-state index is -5.19. The molecule has 1 aliphatic carbocycles. The van der Waals surface area contributed by atoms with E-state index in [9.17, 15) is 56.4 Å². The Morgan fingerprint density at radius 2 is 1.48 bits per heavy atom. The third-order valence-electron chi connectivity index (χ3n) is 8.93. The Morgan fingerprint density at radius 3 is 2.12 bits per heavy atom. The summed E-state index contributed by atoms with van der Waals surface area (Å²) in [5, 5.41) is 7.26. The lowest BCUT2D eigenvalue weighted by Gasteiger charge is -2.26. The molecule has 0 saturated heterocycles. The Balaban J connectivity index is 1.16. The smallest absolute Gasteiger partial charge is 0.397 e. The molecule has 370 valence electrons. The van der Waals surface area contributed by atoms with Crippen molar-refractivity contribution in [2.45, 2.75) is 34.6 Å². The van der Waals surface area contributed by atoms with E-state index in [1.165, 1.54) is 42.5 Å². The molecule has 69 heavy (non-hydrogen) atoms. The summed E-state index contributed by atoms with van der Waals surface area (Å²) in [4.78, 5) is 22.8.